The summed E-state index contributed by atoms with van der Waals surface area (Å²) in [5, 5.41) is 8.64. The van der Waals surface area contributed by atoms with Crippen LogP contribution in [0.4, 0.5) is 4.39 Å². The first-order valence-electron chi connectivity index (χ1n) is 3.02. The zero-order valence-electron chi connectivity index (χ0n) is 5.64. The highest BCUT2D eigenvalue weighted by atomic mass is 35.5. The predicted molar refractivity (Wildman–Crippen MR) is 41.0 cm³/mol. The van der Waals surface area contributed by atoms with Crippen LogP contribution in [-0.2, 0) is 6.54 Å². The fourth-order valence-electron chi connectivity index (χ4n) is 0.737. The molecular weight excluding hydrogens is 169 g/mol. The zero-order valence-corrected chi connectivity index (χ0v) is 6.40. The summed E-state index contributed by atoms with van der Waals surface area (Å²) in [6.07, 6.45) is 0. The third kappa shape index (κ3) is 1.44. The largest absolute Gasteiger partial charge is 0.506 e. The van der Waals surface area contributed by atoms with Gasteiger partial charge in [0, 0.05) is 12.1 Å². The monoisotopic (exact) mass is 175 g/mol. The van der Waals surface area contributed by atoms with Crippen LogP contribution in [0.5, 0.6) is 5.75 Å². The number of hydrogen-bond acceptors (Lipinski definition) is 2. The summed E-state index contributed by atoms with van der Waals surface area (Å²) in [5.41, 5.74) is 5.49. The molecule has 0 saturated heterocycles. The van der Waals surface area contributed by atoms with E-state index in [4.69, 9.17) is 22.4 Å². The van der Waals surface area contributed by atoms with Gasteiger partial charge in [0.2, 0.25) is 0 Å². The van der Waals surface area contributed by atoms with E-state index in [1.165, 1.54) is 12.1 Å². The number of benzene rings is 1. The molecule has 0 bridgehead atoms. The minimum atomic E-state index is -0.644. The van der Waals surface area contributed by atoms with Crippen LogP contribution in [0.15, 0.2) is 12.1 Å². The number of nitrogens with two attached hydrogens (primary N) is 1. The smallest absolute Gasteiger partial charge is 0.150 e. The second-order valence-electron chi connectivity index (χ2n) is 2.08. The van der Waals surface area contributed by atoms with Crippen LogP contribution in [0.1, 0.15) is 5.56 Å². The molecule has 4 heteroatoms. The molecule has 0 atom stereocenters. The molecular formula is C7H7ClFNO. The summed E-state index contributed by atoms with van der Waals surface area (Å²) >= 11 is 5.38. The predicted octanol–water partition coefficient (Wildman–Crippen LogP) is 1.64. The van der Waals surface area contributed by atoms with E-state index in [2.05, 4.69) is 0 Å². The lowest BCUT2D eigenvalue weighted by Crippen LogP contribution is -1.99. The van der Waals surface area contributed by atoms with Gasteiger partial charge in [-0.25, -0.2) is 4.39 Å². The van der Waals surface area contributed by atoms with Gasteiger partial charge in [-0.05, 0) is 6.07 Å². The van der Waals surface area contributed by atoms with Gasteiger partial charge in [-0.15, -0.1) is 0 Å². The Balaban J connectivity index is 3.25. The summed E-state index contributed by atoms with van der Waals surface area (Å²) in [4.78, 5) is 0. The fraction of sp³-hybridized carbons (Fsp3) is 0.143. The van der Waals surface area contributed by atoms with Crippen molar-refractivity contribution in [2.45, 2.75) is 6.54 Å². The van der Waals surface area contributed by atoms with Crippen molar-refractivity contribution in [2.75, 3.05) is 0 Å². The first-order chi connectivity index (χ1) is 5.16. The molecule has 0 fully saturated rings. The van der Waals surface area contributed by atoms with Crippen LogP contribution >= 0.6 is 11.6 Å². The van der Waals surface area contributed by atoms with E-state index in [0.717, 1.165) is 0 Å². The summed E-state index contributed by atoms with van der Waals surface area (Å²) in [6, 6.07) is 2.71. The molecule has 0 spiro atoms. The maximum atomic E-state index is 12.9. The lowest BCUT2D eigenvalue weighted by molar-refractivity contribution is 0.468. The van der Waals surface area contributed by atoms with Gasteiger partial charge >= 0.3 is 0 Å². The van der Waals surface area contributed by atoms with Crippen LogP contribution in [0.25, 0.3) is 0 Å². The van der Waals surface area contributed by atoms with Crippen LogP contribution < -0.4 is 5.73 Å². The van der Waals surface area contributed by atoms with E-state index in [0.29, 0.717) is 5.56 Å². The summed E-state index contributed by atoms with van der Waals surface area (Å²) < 4.78 is 12.9. The highest BCUT2D eigenvalue weighted by Gasteiger charge is 2.08. The van der Waals surface area contributed by atoms with Crippen LogP contribution in [0, 0.1) is 5.82 Å². The molecule has 0 aliphatic heterocycles. The van der Waals surface area contributed by atoms with E-state index in [1.807, 2.05) is 0 Å². The van der Waals surface area contributed by atoms with Crippen molar-refractivity contribution >= 4 is 11.6 Å². The van der Waals surface area contributed by atoms with Gasteiger partial charge in [0.05, 0.1) is 0 Å². The molecule has 0 heterocycles. The van der Waals surface area contributed by atoms with Gasteiger partial charge < -0.3 is 10.8 Å². The lowest BCUT2D eigenvalue weighted by Gasteiger charge is -2.02. The highest BCUT2D eigenvalue weighted by molar-refractivity contribution is 6.32. The highest BCUT2D eigenvalue weighted by Crippen LogP contribution is 2.27. The Labute approximate surface area is 68.4 Å². The molecule has 0 aliphatic carbocycles. The molecule has 1 aromatic carbocycles. The van der Waals surface area contributed by atoms with Crippen molar-refractivity contribution in [1.29, 1.82) is 0 Å². The Kier molecular flexibility index (Phi) is 2.31. The molecule has 3 N–H and O–H groups in total. The maximum absolute atomic E-state index is 12.9. The molecule has 2 nitrogen and oxygen atoms in total. The van der Waals surface area contributed by atoms with Gasteiger partial charge in [0.1, 0.15) is 16.6 Å². The first-order valence-corrected chi connectivity index (χ1v) is 3.40. The Morgan fingerprint density at radius 1 is 1.55 bits per heavy atom. The molecule has 0 radical (unpaired) electrons. The van der Waals surface area contributed by atoms with Crippen molar-refractivity contribution in [2.24, 2.45) is 5.73 Å². The van der Waals surface area contributed by atoms with Crippen molar-refractivity contribution in [1.82, 2.24) is 0 Å². The Morgan fingerprint density at radius 3 is 2.73 bits per heavy atom. The average molecular weight is 176 g/mol. The lowest BCUT2D eigenvalue weighted by atomic mass is 10.2. The van der Waals surface area contributed by atoms with Gasteiger partial charge in [-0.2, -0.15) is 0 Å². The summed E-state index contributed by atoms with van der Waals surface area (Å²) in [6.45, 7) is 0.0752. The fourth-order valence-corrected chi connectivity index (χ4v) is 0.921. The Morgan fingerprint density at radius 2 is 2.18 bits per heavy atom. The topological polar surface area (TPSA) is 46.2 Å². The third-order valence-corrected chi connectivity index (χ3v) is 1.72. The molecule has 1 aromatic rings. The van der Waals surface area contributed by atoms with Gasteiger partial charge in [0.25, 0.3) is 0 Å². The van der Waals surface area contributed by atoms with E-state index < -0.39 is 5.82 Å². The van der Waals surface area contributed by atoms with Crippen molar-refractivity contribution in [3.63, 3.8) is 0 Å². The molecule has 11 heavy (non-hydrogen) atoms. The Bertz CT molecular complexity index is 277. The summed E-state index contributed by atoms with van der Waals surface area (Å²) in [5.74, 6) is -0.907. The first kappa shape index (κ1) is 8.30. The maximum Gasteiger partial charge on any atom is 0.150 e. The molecule has 0 unspecified atom stereocenters. The van der Waals surface area contributed by atoms with E-state index >= 15 is 0 Å². The number of phenolic OH excluding ortho intramolecular Hbond substituents is 1. The quantitative estimate of drug-likeness (QED) is 0.682. The third-order valence-electron chi connectivity index (χ3n) is 1.36. The minimum Gasteiger partial charge on any atom is -0.506 e. The van der Waals surface area contributed by atoms with Crippen molar-refractivity contribution in [3.8, 4) is 5.75 Å². The molecule has 0 aliphatic rings. The van der Waals surface area contributed by atoms with Gasteiger partial charge in [0.15, 0.2) is 0 Å². The molecule has 0 amide bonds. The van der Waals surface area contributed by atoms with Crippen molar-refractivity contribution < 1.29 is 9.50 Å². The SMILES string of the molecule is NCc1ccc(O)c(Cl)c1F. The number of aromatic hydroxyl groups is 1. The molecule has 1 rings (SSSR count). The molecule has 0 aromatic heterocycles. The number of halogens is 2. The minimum absolute atomic E-state index is 0.0752. The number of rotatable bonds is 1. The Hall–Kier alpha value is -0.800. The second kappa shape index (κ2) is 3.07. The van der Waals surface area contributed by atoms with Gasteiger partial charge in [-0.3, -0.25) is 0 Å². The zero-order chi connectivity index (χ0) is 8.43. The van der Waals surface area contributed by atoms with Crippen LogP contribution in [-0.4, -0.2) is 5.11 Å². The summed E-state index contributed by atoms with van der Waals surface area (Å²) in [7, 11) is 0. The normalized spacial score (nSPS) is 10.1. The number of phenols is 1. The standard InChI is InChI=1S/C7H7ClFNO/c8-6-5(11)2-1-4(3-10)7(6)9/h1-2,11H,3,10H2. The number of hydrogen-bond donors (Lipinski definition) is 2. The molecule has 0 saturated carbocycles. The second-order valence-corrected chi connectivity index (χ2v) is 2.45. The van der Waals surface area contributed by atoms with E-state index in [-0.39, 0.29) is 17.3 Å². The van der Waals surface area contributed by atoms with Crippen LogP contribution in [0.3, 0.4) is 0 Å². The van der Waals surface area contributed by atoms with Gasteiger partial charge in [-0.1, -0.05) is 17.7 Å². The average Bonchev–Trinajstić information content (AvgIpc) is 2.01. The molecule has 60 valence electrons. The van der Waals surface area contributed by atoms with Crippen LogP contribution in [0.2, 0.25) is 5.02 Å². The van der Waals surface area contributed by atoms with Crippen molar-refractivity contribution in [3.05, 3.63) is 28.5 Å². The van der Waals surface area contributed by atoms with E-state index in [1.54, 1.807) is 0 Å². The van der Waals surface area contributed by atoms with E-state index in [9.17, 15) is 4.39 Å².